The Morgan fingerprint density at radius 1 is 1.12 bits per heavy atom. The van der Waals surface area contributed by atoms with E-state index in [0.29, 0.717) is 17.5 Å². The average molecular weight is 322 g/mol. The number of carbonyl (C=O) groups is 1. The molecule has 0 bridgehead atoms. The van der Waals surface area contributed by atoms with Gasteiger partial charge in [0.05, 0.1) is 6.20 Å². The number of amides is 2. The molecule has 0 spiro atoms. The summed E-state index contributed by atoms with van der Waals surface area (Å²) in [4.78, 5) is 20.5. The van der Waals surface area contributed by atoms with Gasteiger partial charge < -0.3 is 9.73 Å². The van der Waals surface area contributed by atoms with E-state index in [-0.39, 0.29) is 12.1 Å². The first-order valence-electron chi connectivity index (χ1n) is 7.64. The Morgan fingerprint density at radius 3 is 2.67 bits per heavy atom. The van der Waals surface area contributed by atoms with Crippen LogP contribution in [0.25, 0.3) is 11.3 Å². The SMILES string of the molecule is Cc1cccc(NC(=O)N[C@H](C)c2ncc(-c3ccccc3)o2)n1. The molecule has 0 aliphatic rings. The van der Waals surface area contributed by atoms with Gasteiger partial charge in [0.1, 0.15) is 11.9 Å². The van der Waals surface area contributed by atoms with Gasteiger partial charge in [-0.3, -0.25) is 5.32 Å². The van der Waals surface area contributed by atoms with Crippen molar-refractivity contribution >= 4 is 11.8 Å². The molecule has 3 aromatic rings. The summed E-state index contributed by atoms with van der Waals surface area (Å²) in [6.45, 7) is 3.67. The number of rotatable bonds is 4. The van der Waals surface area contributed by atoms with Gasteiger partial charge in [-0.05, 0) is 26.0 Å². The van der Waals surface area contributed by atoms with Crippen LogP contribution in [-0.4, -0.2) is 16.0 Å². The fourth-order valence-corrected chi connectivity index (χ4v) is 2.25. The van der Waals surface area contributed by atoms with Crippen LogP contribution in [0.15, 0.2) is 59.1 Å². The van der Waals surface area contributed by atoms with Gasteiger partial charge in [0.15, 0.2) is 5.76 Å². The number of urea groups is 1. The van der Waals surface area contributed by atoms with Gasteiger partial charge in [0.25, 0.3) is 0 Å². The van der Waals surface area contributed by atoms with Crippen molar-refractivity contribution in [1.82, 2.24) is 15.3 Å². The minimum Gasteiger partial charge on any atom is -0.438 e. The first-order valence-corrected chi connectivity index (χ1v) is 7.64. The Bertz CT molecular complexity index is 830. The van der Waals surface area contributed by atoms with Gasteiger partial charge in [-0.1, -0.05) is 36.4 Å². The van der Waals surface area contributed by atoms with Crippen molar-refractivity contribution in [2.45, 2.75) is 19.9 Å². The molecule has 1 atom stereocenters. The van der Waals surface area contributed by atoms with Crippen LogP contribution in [0.2, 0.25) is 0 Å². The molecule has 0 radical (unpaired) electrons. The van der Waals surface area contributed by atoms with Crippen molar-refractivity contribution in [2.75, 3.05) is 5.32 Å². The Labute approximate surface area is 140 Å². The lowest BCUT2D eigenvalue weighted by molar-refractivity contribution is 0.247. The first kappa shape index (κ1) is 15.7. The zero-order chi connectivity index (χ0) is 16.9. The fraction of sp³-hybridized carbons (Fsp3) is 0.167. The number of pyridine rings is 1. The highest BCUT2D eigenvalue weighted by Crippen LogP contribution is 2.22. The number of anilines is 1. The molecule has 0 aliphatic heterocycles. The minimum atomic E-state index is -0.368. The van der Waals surface area contributed by atoms with Crippen LogP contribution in [0.3, 0.4) is 0 Å². The number of aromatic nitrogens is 2. The molecule has 0 fully saturated rings. The lowest BCUT2D eigenvalue weighted by Gasteiger charge is -2.11. The maximum atomic E-state index is 12.1. The third-order valence-corrected chi connectivity index (χ3v) is 3.43. The zero-order valence-corrected chi connectivity index (χ0v) is 13.5. The summed E-state index contributed by atoms with van der Waals surface area (Å²) in [5, 5.41) is 5.47. The topological polar surface area (TPSA) is 80.0 Å². The Hall–Kier alpha value is -3.15. The van der Waals surface area contributed by atoms with Gasteiger partial charge in [-0.25, -0.2) is 14.8 Å². The molecule has 3 rings (SSSR count). The number of hydrogen-bond acceptors (Lipinski definition) is 4. The molecular formula is C18H18N4O2. The number of aryl methyl sites for hydroxylation is 1. The summed E-state index contributed by atoms with van der Waals surface area (Å²) in [5.41, 5.74) is 1.78. The molecule has 122 valence electrons. The predicted molar refractivity (Wildman–Crippen MR) is 91.5 cm³/mol. The number of hydrogen-bond donors (Lipinski definition) is 2. The van der Waals surface area contributed by atoms with E-state index in [2.05, 4.69) is 20.6 Å². The zero-order valence-electron chi connectivity index (χ0n) is 13.5. The summed E-state index contributed by atoms with van der Waals surface area (Å²) in [5.74, 6) is 1.61. The van der Waals surface area contributed by atoms with E-state index in [0.717, 1.165) is 11.3 Å². The lowest BCUT2D eigenvalue weighted by atomic mass is 10.2. The van der Waals surface area contributed by atoms with Gasteiger partial charge in [-0.15, -0.1) is 0 Å². The maximum Gasteiger partial charge on any atom is 0.321 e. The number of carbonyl (C=O) groups excluding carboxylic acids is 1. The van der Waals surface area contributed by atoms with Crippen molar-refractivity contribution in [3.8, 4) is 11.3 Å². The van der Waals surface area contributed by atoms with E-state index < -0.39 is 0 Å². The van der Waals surface area contributed by atoms with Crippen molar-refractivity contribution in [3.63, 3.8) is 0 Å². The molecule has 24 heavy (non-hydrogen) atoms. The summed E-state index contributed by atoms with van der Waals surface area (Å²) < 4.78 is 5.73. The molecule has 0 saturated heterocycles. The van der Waals surface area contributed by atoms with Crippen LogP contribution in [-0.2, 0) is 0 Å². The molecular weight excluding hydrogens is 304 g/mol. The highest BCUT2D eigenvalue weighted by Gasteiger charge is 2.16. The molecule has 2 aromatic heterocycles. The van der Waals surface area contributed by atoms with Crippen LogP contribution < -0.4 is 10.6 Å². The Balaban J connectivity index is 1.63. The molecule has 0 saturated carbocycles. The lowest BCUT2D eigenvalue weighted by Crippen LogP contribution is -2.31. The van der Waals surface area contributed by atoms with Gasteiger partial charge in [0.2, 0.25) is 5.89 Å². The second-order valence-corrected chi connectivity index (χ2v) is 5.41. The monoisotopic (exact) mass is 322 g/mol. The minimum absolute atomic E-state index is 0.361. The summed E-state index contributed by atoms with van der Waals surface area (Å²) in [6, 6.07) is 14.4. The number of oxazole rings is 1. The Morgan fingerprint density at radius 2 is 1.92 bits per heavy atom. The normalized spacial score (nSPS) is 11.8. The maximum absolute atomic E-state index is 12.1. The van der Waals surface area contributed by atoms with Crippen LogP contribution in [0.1, 0.15) is 24.6 Å². The van der Waals surface area contributed by atoms with Crippen molar-refractivity contribution < 1.29 is 9.21 Å². The second-order valence-electron chi connectivity index (χ2n) is 5.41. The standard InChI is InChI=1S/C18H18N4O2/c1-12-7-6-10-16(20-12)22-18(23)21-13(2)17-19-11-15(24-17)14-8-4-3-5-9-14/h3-11,13H,1-2H3,(H2,20,21,22,23)/t13-/m1/s1. The van der Waals surface area contributed by atoms with E-state index >= 15 is 0 Å². The van der Waals surface area contributed by atoms with E-state index in [1.807, 2.05) is 56.3 Å². The van der Waals surface area contributed by atoms with Crippen LogP contribution in [0, 0.1) is 6.92 Å². The van der Waals surface area contributed by atoms with Crippen molar-refractivity contribution in [3.05, 3.63) is 66.3 Å². The molecule has 0 unspecified atom stereocenters. The molecule has 1 aromatic carbocycles. The molecule has 6 nitrogen and oxygen atoms in total. The van der Waals surface area contributed by atoms with Crippen molar-refractivity contribution in [2.24, 2.45) is 0 Å². The van der Waals surface area contributed by atoms with Crippen LogP contribution in [0.5, 0.6) is 0 Å². The summed E-state index contributed by atoms with van der Waals surface area (Å²) >= 11 is 0. The molecule has 2 amide bonds. The van der Waals surface area contributed by atoms with Crippen LogP contribution >= 0.6 is 0 Å². The van der Waals surface area contributed by atoms with E-state index in [1.54, 1.807) is 12.3 Å². The average Bonchev–Trinajstić information content (AvgIpc) is 3.05. The summed E-state index contributed by atoms with van der Waals surface area (Å²) in [7, 11) is 0. The van der Waals surface area contributed by atoms with Gasteiger partial charge in [-0.2, -0.15) is 0 Å². The van der Waals surface area contributed by atoms with Gasteiger partial charge in [0, 0.05) is 11.3 Å². The predicted octanol–water partition coefficient (Wildman–Crippen LogP) is 3.93. The van der Waals surface area contributed by atoms with E-state index in [1.165, 1.54) is 0 Å². The third-order valence-electron chi connectivity index (χ3n) is 3.43. The Kier molecular flexibility index (Phi) is 4.56. The molecule has 0 aliphatic carbocycles. The smallest absolute Gasteiger partial charge is 0.321 e. The van der Waals surface area contributed by atoms with Crippen molar-refractivity contribution in [1.29, 1.82) is 0 Å². The fourth-order valence-electron chi connectivity index (χ4n) is 2.25. The quantitative estimate of drug-likeness (QED) is 0.762. The van der Waals surface area contributed by atoms with E-state index in [9.17, 15) is 4.79 Å². The first-order chi connectivity index (χ1) is 11.6. The number of nitrogens with zero attached hydrogens (tertiary/aromatic N) is 2. The highest BCUT2D eigenvalue weighted by molar-refractivity contribution is 5.88. The summed E-state index contributed by atoms with van der Waals surface area (Å²) in [6.07, 6.45) is 1.66. The van der Waals surface area contributed by atoms with Gasteiger partial charge >= 0.3 is 6.03 Å². The molecule has 2 N–H and O–H groups in total. The number of benzene rings is 1. The second kappa shape index (κ2) is 6.95. The highest BCUT2D eigenvalue weighted by atomic mass is 16.4. The number of nitrogens with one attached hydrogen (secondary N) is 2. The van der Waals surface area contributed by atoms with E-state index in [4.69, 9.17) is 4.42 Å². The molecule has 2 heterocycles. The third kappa shape index (κ3) is 3.78. The largest absolute Gasteiger partial charge is 0.438 e. The molecule has 6 heteroatoms. The van der Waals surface area contributed by atoms with Crippen LogP contribution in [0.4, 0.5) is 10.6 Å².